The molecule has 0 amide bonds. The number of benzene rings is 1. The lowest BCUT2D eigenvalue weighted by Gasteiger charge is -2.33. The van der Waals surface area contributed by atoms with Crippen molar-refractivity contribution in [3.05, 3.63) is 42.2 Å². The van der Waals surface area contributed by atoms with Gasteiger partial charge < -0.3 is 19.7 Å². The van der Waals surface area contributed by atoms with E-state index in [9.17, 15) is 4.79 Å². The minimum Gasteiger partial charge on any atom is -0.490 e. The van der Waals surface area contributed by atoms with Gasteiger partial charge in [-0.15, -0.1) is 0 Å². The first-order valence-electron chi connectivity index (χ1n) is 8.87. The van der Waals surface area contributed by atoms with Crippen molar-refractivity contribution in [1.82, 2.24) is 10.3 Å². The largest absolute Gasteiger partial charge is 0.490 e. The Morgan fingerprint density at radius 1 is 1.28 bits per heavy atom. The number of hydrogen-bond acceptors (Lipinski definition) is 5. The quantitative estimate of drug-likeness (QED) is 0.850. The molecule has 130 valence electrons. The summed E-state index contributed by atoms with van der Waals surface area (Å²) in [5.74, 6) is 0.807. The summed E-state index contributed by atoms with van der Waals surface area (Å²) in [5.41, 5.74) is 4.62. The maximum atomic E-state index is 11.2. The van der Waals surface area contributed by atoms with E-state index in [4.69, 9.17) is 4.74 Å². The minimum absolute atomic E-state index is 0.0168. The molecule has 4 rings (SSSR count). The van der Waals surface area contributed by atoms with Gasteiger partial charge in [0.25, 0.3) is 0 Å². The van der Waals surface area contributed by atoms with Gasteiger partial charge in [-0.25, -0.2) is 0 Å². The molecule has 25 heavy (non-hydrogen) atoms. The summed E-state index contributed by atoms with van der Waals surface area (Å²) in [6.07, 6.45) is 7.64. The Labute approximate surface area is 148 Å². The van der Waals surface area contributed by atoms with Gasteiger partial charge in [0.05, 0.1) is 12.2 Å². The standard InChI is InChI=1S/C20H23N3O2/c1-23-18(12-24)4-2-15-8-14(3-5-20(15)23)16-9-19(11-21-10-16)25-13-17-6-7-22-17/h3,5,8-12,17-18,22H,2,4,6-7,13H2,1H3. The summed E-state index contributed by atoms with van der Waals surface area (Å²) < 4.78 is 5.86. The molecular formula is C20H23N3O2. The molecule has 2 aromatic rings. The molecule has 1 aromatic heterocycles. The number of aromatic nitrogens is 1. The van der Waals surface area contributed by atoms with E-state index in [1.165, 1.54) is 12.0 Å². The number of aryl methyl sites for hydroxylation is 1. The van der Waals surface area contributed by atoms with Crippen molar-refractivity contribution in [3.8, 4) is 16.9 Å². The lowest BCUT2D eigenvalue weighted by atomic mass is 9.94. The molecule has 1 fully saturated rings. The lowest BCUT2D eigenvalue weighted by molar-refractivity contribution is -0.109. The normalized spacial score (nSPS) is 22.0. The maximum Gasteiger partial charge on any atom is 0.142 e. The van der Waals surface area contributed by atoms with Crippen LogP contribution in [0.3, 0.4) is 0 Å². The van der Waals surface area contributed by atoms with Gasteiger partial charge in [-0.3, -0.25) is 4.98 Å². The van der Waals surface area contributed by atoms with Crippen molar-refractivity contribution in [2.45, 2.75) is 31.3 Å². The summed E-state index contributed by atoms with van der Waals surface area (Å²) >= 11 is 0. The zero-order valence-corrected chi connectivity index (χ0v) is 14.4. The van der Waals surface area contributed by atoms with E-state index in [0.29, 0.717) is 12.6 Å². The first kappa shape index (κ1) is 16.1. The molecule has 0 aliphatic carbocycles. The number of carbonyl (C=O) groups is 1. The number of nitrogens with zero attached hydrogens (tertiary/aromatic N) is 2. The third kappa shape index (κ3) is 3.24. The van der Waals surface area contributed by atoms with Crippen molar-refractivity contribution < 1.29 is 9.53 Å². The monoisotopic (exact) mass is 337 g/mol. The molecule has 1 aromatic carbocycles. The molecule has 0 bridgehead atoms. The van der Waals surface area contributed by atoms with Crippen LogP contribution in [0.1, 0.15) is 18.4 Å². The molecule has 0 spiro atoms. The predicted molar refractivity (Wildman–Crippen MR) is 98.2 cm³/mol. The van der Waals surface area contributed by atoms with Crippen LogP contribution >= 0.6 is 0 Å². The highest BCUT2D eigenvalue weighted by Crippen LogP contribution is 2.33. The Bertz CT molecular complexity index is 773. The van der Waals surface area contributed by atoms with Gasteiger partial charge in [0.15, 0.2) is 0 Å². The molecule has 2 aliphatic rings. The van der Waals surface area contributed by atoms with E-state index >= 15 is 0 Å². The SMILES string of the molecule is CN1c2ccc(-c3cncc(OCC4CCN4)c3)cc2CCC1C=O. The molecule has 1 saturated heterocycles. The Hall–Kier alpha value is -2.40. The highest BCUT2D eigenvalue weighted by Gasteiger charge is 2.23. The van der Waals surface area contributed by atoms with Gasteiger partial charge in [0.2, 0.25) is 0 Å². The number of hydrogen-bond donors (Lipinski definition) is 1. The van der Waals surface area contributed by atoms with Crippen molar-refractivity contribution in [2.75, 3.05) is 25.1 Å². The fourth-order valence-electron chi connectivity index (χ4n) is 3.49. The van der Waals surface area contributed by atoms with Gasteiger partial charge in [0, 0.05) is 30.5 Å². The molecule has 0 saturated carbocycles. The van der Waals surface area contributed by atoms with Crippen LogP contribution in [0.25, 0.3) is 11.1 Å². The average molecular weight is 337 g/mol. The van der Waals surface area contributed by atoms with E-state index in [1.807, 2.05) is 19.3 Å². The smallest absolute Gasteiger partial charge is 0.142 e. The summed E-state index contributed by atoms with van der Waals surface area (Å²) in [4.78, 5) is 17.6. The number of ether oxygens (including phenoxy) is 1. The zero-order chi connectivity index (χ0) is 17.2. The van der Waals surface area contributed by atoms with Crippen LogP contribution in [-0.2, 0) is 11.2 Å². The Kier molecular flexibility index (Phi) is 4.40. The molecule has 3 heterocycles. The van der Waals surface area contributed by atoms with Crippen molar-refractivity contribution >= 4 is 12.0 Å². The maximum absolute atomic E-state index is 11.2. The van der Waals surface area contributed by atoms with Gasteiger partial charge in [-0.1, -0.05) is 6.07 Å². The number of aldehydes is 1. The zero-order valence-electron chi connectivity index (χ0n) is 14.4. The molecule has 5 nitrogen and oxygen atoms in total. The first-order chi connectivity index (χ1) is 12.2. The van der Waals surface area contributed by atoms with Gasteiger partial charge >= 0.3 is 0 Å². The minimum atomic E-state index is -0.0168. The summed E-state index contributed by atoms with van der Waals surface area (Å²) in [5, 5.41) is 3.33. The topological polar surface area (TPSA) is 54.5 Å². The van der Waals surface area contributed by atoms with Crippen LogP contribution in [0.5, 0.6) is 5.75 Å². The van der Waals surface area contributed by atoms with Gasteiger partial charge in [-0.05, 0) is 55.1 Å². The number of anilines is 1. The van der Waals surface area contributed by atoms with E-state index in [-0.39, 0.29) is 6.04 Å². The molecule has 2 aliphatic heterocycles. The number of nitrogens with one attached hydrogen (secondary N) is 1. The number of rotatable bonds is 5. The predicted octanol–water partition coefficient (Wildman–Crippen LogP) is 2.44. The fourth-order valence-corrected chi connectivity index (χ4v) is 3.49. The molecule has 2 unspecified atom stereocenters. The van der Waals surface area contributed by atoms with Crippen LogP contribution in [0.15, 0.2) is 36.7 Å². The number of likely N-dealkylation sites (N-methyl/N-ethyl adjacent to an activating group) is 1. The van der Waals surface area contributed by atoms with E-state index in [2.05, 4.69) is 33.4 Å². The lowest BCUT2D eigenvalue weighted by Crippen LogP contribution is -2.46. The summed E-state index contributed by atoms with van der Waals surface area (Å²) in [6.45, 7) is 1.77. The Morgan fingerprint density at radius 3 is 2.92 bits per heavy atom. The van der Waals surface area contributed by atoms with Crippen LogP contribution in [-0.4, -0.2) is 43.6 Å². The second kappa shape index (κ2) is 6.84. The Morgan fingerprint density at radius 2 is 2.16 bits per heavy atom. The van der Waals surface area contributed by atoms with Crippen LogP contribution in [0.4, 0.5) is 5.69 Å². The van der Waals surface area contributed by atoms with E-state index < -0.39 is 0 Å². The third-order valence-corrected chi connectivity index (χ3v) is 5.25. The second-order valence-electron chi connectivity index (χ2n) is 6.86. The molecule has 0 radical (unpaired) electrons. The van der Waals surface area contributed by atoms with Crippen molar-refractivity contribution in [3.63, 3.8) is 0 Å². The van der Waals surface area contributed by atoms with E-state index in [1.54, 1.807) is 6.20 Å². The number of fused-ring (bicyclic) bond motifs is 1. The van der Waals surface area contributed by atoms with E-state index in [0.717, 1.165) is 48.2 Å². The fraction of sp³-hybridized carbons (Fsp3) is 0.400. The van der Waals surface area contributed by atoms with Gasteiger partial charge in [0.1, 0.15) is 18.6 Å². The molecule has 1 N–H and O–H groups in total. The number of pyridine rings is 1. The van der Waals surface area contributed by atoms with Crippen molar-refractivity contribution in [2.24, 2.45) is 0 Å². The number of carbonyl (C=O) groups excluding carboxylic acids is 1. The van der Waals surface area contributed by atoms with Crippen molar-refractivity contribution in [1.29, 1.82) is 0 Å². The Balaban J connectivity index is 1.54. The van der Waals surface area contributed by atoms with Gasteiger partial charge in [-0.2, -0.15) is 0 Å². The average Bonchev–Trinajstić information content (AvgIpc) is 2.61. The van der Waals surface area contributed by atoms with Crippen LogP contribution in [0.2, 0.25) is 0 Å². The summed E-state index contributed by atoms with van der Waals surface area (Å²) in [7, 11) is 1.99. The second-order valence-corrected chi connectivity index (χ2v) is 6.86. The highest BCUT2D eigenvalue weighted by molar-refractivity contribution is 5.74. The molecule has 5 heteroatoms. The van der Waals surface area contributed by atoms with Crippen LogP contribution < -0.4 is 15.0 Å². The highest BCUT2D eigenvalue weighted by atomic mass is 16.5. The van der Waals surface area contributed by atoms with Crippen LogP contribution in [0, 0.1) is 0 Å². The molecular weight excluding hydrogens is 314 g/mol. The summed E-state index contributed by atoms with van der Waals surface area (Å²) in [6, 6.07) is 8.91. The molecule has 2 atom stereocenters. The third-order valence-electron chi connectivity index (χ3n) is 5.25. The first-order valence-corrected chi connectivity index (χ1v) is 8.87.